The fraction of sp³-hybridized carbons (Fsp3) is 0.571. The zero-order valence-corrected chi connectivity index (χ0v) is 16.1. The number of ether oxygens (including phenoxy) is 2. The van der Waals surface area contributed by atoms with Gasteiger partial charge in [-0.25, -0.2) is 13.1 Å². The van der Waals surface area contributed by atoms with Crippen molar-refractivity contribution in [2.75, 3.05) is 19.8 Å². The van der Waals surface area contributed by atoms with Crippen molar-refractivity contribution in [1.29, 1.82) is 0 Å². The van der Waals surface area contributed by atoms with Gasteiger partial charge in [0.05, 0.1) is 0 Å². The van der Waals surface area contributed by atoms with Crippen LogP contribution in [0, 0.1) is 0 Å². The van der Waals surface area contributed by atoms with Crippen LogP contribution in [0.3, 0.4) is 0 Å². The van der Waals surface area contributed by atoms with Crippen LogP contribution in [0.25, 0.3) is 0 Å². The molecular formula is C14H22BrClN2O4S. The molecule has 0 bridgehead atoms. The summed E-state index contributed by atoms with van der Waals surface area (Å²) >= 11 is 3.29. The summed E-state index contributed by atoms with van der Waals surface area (Å²) in [4.78, 5) is 0.131. The van der Waals surface area contributed by atoms with Crippen LogP contribution in [0.15, 0.2) is 21.5 Å². The van der Waals surface area contributed by atoms with Gasteiger partial charge in [0.2, 0.25) is 10.0 Å². The third-order valence-corrected chi connectivity index (χ3v) is 5.88. The highest BCUT2D eigenvalue weighted by molar-refractivity contribution is 9.10. The second kappa shape index (κ2) is 9.08. The van der Waals surface area contributed by atoms with Crippen LogP contribution in [0.2, 0.25) is 0 Å². The lowest BCUT2D eigenvalue weighted by atomic mass is 10.1. The van der Waals surface area contributed by atoms with Crippen molar-refractivity contribution in [3.05, 3.63) is 16.6 Å². The van der Waals surface area contributed by atoms with Crippen LogP contribution >= 0.6 is 28.3 Å². The normalized spacial score (nSPS) is 14.9. The highest BCUT2D eigenvalue weighted by atomic mass is 79.9. The molecular weight excluding hydrogens is 408 g/mol. The van der Waals surface area contributed by atoms with Gasteiger partial charge < -0.3 is 15.2 Å². The minimum atomic E-state index is -3.68. The topological polar surface area (TPSA) is 90.7 Å². The fourth-order valence-electron chi connectivity index (χ4n) is 2.21. The largest absolute Gasteiger partial charge is 0.486 e. The molecule has 23 heavy (non-hydrogen) atoms. The lowest BCUT2D eigenvalue weighted by molar-refractivity contribution is 0.171. The van der Waals surface area contributed by atoms with Crippen LogP contribution in [0.1, 0.15) is 26.2 Å². The number of halogens is 2. The van der Waals surface area contributed by atoms with Gasteiger partial charge in [-0.2, -0.15) is 0 Å². The standard InChI is InChI=1S/C14H21BrN2O4S.ClH/c1-2-3-4-10(9-16)17-22(18,19)14-8-13-12(7-11(14)15)20-5-6-21-13;/h7-8,10,17H,2-6,9,16H2,1H3;1H. The van der Waals surface area contributed by atoms with Gasteiger partial charge in [-0.05, 0) is 28.4 Å². The second-order valence-corrected chi connectivity index (χ2v) is 7.66. The molecule has 2 rings (SSSR count). The van der Waals surface area contributed by atoms with Gasteiger partial charge >= 0.3 is 0 Å². The molecule has 1 aromatic carbocycles. The molecule has 9 heteroatoms. The maximum absolute atomic E-state index is 12.6. The van der Waals surface area contributed by atoms with Crippen molar-refractivity contribution >= 4 is 38.4 Å². The molecule has 0 saturated heterocycles. The van der Waals surface area contributed by atoms with Crippen molar-refractivity contribution in [3.63, 3.8) is 0 Å². The number of hydrogen-bond acceptors (Lipinski definition) is 5. The smallest absolute Gasteiger partial charge is 0.242 e. The van der Waals surface area contributed by atoms with Crippen molar-refractivity contribution < 1.29 is 17.9 Å². The van der Waals surface area contributed by atoms with Crippen LogP contribution in [-0.4, -0.2) is 34.2 Å². The van der Waals surface area contributed by atoms with E-state index in [1.165, 1.54) is 6.07 Å². The minimum absolute atomic E-state index is 0. The summed E-state index contributed by atoms with van der Waals surface area (Å²) in [5.41, 5.74) is 5.66. The Morgan fingerprint density at radius 2 is 1.91 bits per heavy atom. The number of hydrogen-bond donors (Lipinski definition) is 2. The van der Waals surface area contributed by atoms with Crippen LogP contribution in [-0.2, 0) is 10.0 Å². The zero-order valence-electron chi connectivity index (χ0n) is 12.9. The summed E-state index contributed by atoms with van der Waals surface area (Å²) in [6.45, 7) is 3.18. The number of nitrogens with one attached hydrogen (secondary N) is 1. The van der Waals surface area contributed by atoms with E-state index in [1.807, 2.05) is 0 Å². The molecule has 0 aromatic heterocycles. The molecule has 3 N–H and O–H groups in total. The number of sulfonamides is 1. The lowest BCUT2D eigenvalue weighted by Crippen LogP contribution is -2.40. The predicted octanol–water partition coefficient (Wildman–Crippen LogP) is 2.44. The third kappa shape index (κ3) is 5.22. The fourth-order valence-corrected chi connectivity index (χ4v) is 4.53. The van der Waals surface area contributed by atoms with Gasteiger partial charge in [0.25, 0.3) is 0 Å². The molecule has 0 saturated carbocycles. The molecule has 1 atom stereocenters. The first kappa shape index (κ1) is 20.5. The average molecular weight is 430 g/mol. The molecule has 0 fully saturated rings. The van der Waals surface area contributed by atoms with Crippen molar-refractivity contribution in [3.8, 4) is 11.5 Å². The van der Waals surface area contributed by atoms with Crippen molar-refractivity contribution in [2.24, 2.45) is 5.73 Å². The van der Waals surface area contributed by atoms with E-state index < -0.39 is 10.0 Å². The Bertz CT molecular complexity index is 627. The maximum atomic E-state index is 12.6. The number of unbranched alkanes of at least 4 members (excludes halogenated alkanes) is 1. The highest BCUT2D eigenvalue weighted by Gasteiger charge is 2.25. The van der Waals surface area contributed by atoms with Gasteiger partial charge in [0.1, 0.15) is 18.1 Å². The monoisotopic (exact) mass is 428 g/mol. The van der Waals surface area contributed by atoms with Crippen molar-refractivity contribution in [1.82, 2.24) is 4.72 Å². The molecule has 0 radical (unpaired) electrons. The highest BCUT2D eigenvalue weighted by Crippen LogP contribution is 2.37. The van der Waals surface area contributed by atoms with Crippen LogP contribution in [0.5, 0.6) is 11.5 Å². The second-order valence-electron chi connectivity index (χ2n) is 5.12. The maximum Gasteiger partial charge on any atom is 0.242 e. The molecule has 1 aliphatic heterocycles. The molecule has 0 aliphatic carbocycles. The average Bonchev–Trinajstić information content (AvgIpc) is 2.50. The van der Waals surface area contributed by atoms with E-state index in [4.69, 9.17) is 15.2 Å². The Labute approximate surface area is 151 Å². The Morgan fingerprint density at radius 3 is 2.48 bits per heavy atom. The lowest BCUT2D eigenvalue weighted by Gasteiger charge is -2.21. The predicted molar refractivity (Wildman–Crippen MR) is 95.1 cm³/mol. The summed E-state index contributed by atoms with van der Waals surface area (Å²) in [7, 11) is -3.68. The summed E-state index contributed by atoms with van der Waals surface area (Å²) in [6.07, 6.45) is 2.63. The number of benzene rings is 1. The number of nitrogens with two attached hydrogens (primary N) is 1. The SMILES string of the molecule is CCCCC(CN)NS(=O)(=O)c1cc2c(cc1Br)OCCO2.Cl. The first-order valence-corrected chi connectivity index (χ1v) is 9.57. The molecule has 132 valence electrons. The Kier molecular flexibility index (Phi) is 8.09. The van der Waals surface area contributed by atoms with Gasteiger partial charge in [-0.1, -0.05) is 19.8 Å². The first-order valence-electron chi connectivity index (χ1n) is 7.29. The first-order chi connectivity index (χ1) is 10.5. The number of fused-ring (bicyclic) bond motifs is 1. The number of rotatable bonds is 7. The summed E-state index contributed by atoms with van der Waals surface area (Å²) in [6, 6.07) is 2.82. The van der Waals surface area contributed by atoms with E-state index in [0.29, 0.717) is 35.6 Å². The van der Waals surface area contributed by atoms with Gasteiger partial charge in [-0.3, -0.25) is 0 Å². The van der Waals surface area contributed by atoms with E-state index in [9.17, 15) is 8.42 Å². The van der Waals surface area contributed by atoms with Gasteiger partial charge in [-0.15, -0.1) is 12.4 Å². The molecule has 0 spiro atoms. The van der Waals surface area contributed by atoms with Crippen LogP contribution < -0.4 is 19.9 Å². The zero-order chi connectivity index (χ0) is 16.2. The summed E-state index contributed by atoms with van der Waals surface area (Å²) in [5.74, 6) is 0.978. The van der Waals surface area contributed by atoms with E-state index in [-0.39, 0.29) is 29.9 Å². The quantitative estimate of drug-likeness (QED) is 0.695. The molecule has 1 aromatic rings. The van der Waals surface area contributed by atoms with E-state index in [1.54, 1.807) is 6.07 Å². The van der Waals surface area contributed by atoms with E-state index >= 15 is 0 Å². The Hall–Kier alpha value is -0.540. The molecule has 1 aliphatic rings. The summed E-state index contributed by atoms with van der Waals surface area (Å²) in [5, 5.41) is 0. The van der Waals surface area contributed by atoms with E-state index in [0.717, 1.165) is 12.8 Å². The molecule has 0 amide bonds. The molecule has 1 unspecified atom stereocenters. The Balaban J connectivity index is 0.00000264. The minimum Gasteiger partial charge on any atom is -0.486 e. The molecule has 1 heterocycles. The van der Waals surface area contributed by atoms with Gasteiger partial charge in [0, 0.05) is 23.1 Å². The third-order valence-electron chi connectivity index (χ3n) is 3.40. The van der Waals surface area contributed by atoms with Crippen molar-refractivity contribution in [2.45, 2.75) is 37.1 Å². The Morgan fingerprint density at radius 1 is 1.30 bits per heavy atom. The van der Waals surface area contributed by atoms with E-state index in [2.05, 4.69) is 27.6 Å². The summed E-state index contributed by atoms with van der Waals surface area (Å²) < 4.78 is 39.1. The van der Waals surface area contributed by atoms with Gasteiger partial charge in [0.15, 0.2) is 11.5 Å². The van der Waals surface area contributed by atoms with Crippen LogP contribution in [0.4, 0.5) is 0 Å². The molecule has 6 nitrogen and oxygen atoms in total.